The highest BCUT2D eigenvalue weighted by atomic mass is 16.5. The topological polar surface area (TPSA) is 45.6 Å². The highest BCUT2D eigenvalue weighted by Crippen LogP contribution is 2.19. The summed E-state index contributed by atoms with van der Waals surface area (Å²) in [5.41, 5.74) is 1.81. The average molecular weight is 294 g/mol. The van der Waals surface area contributed by atoms with E-state index in [0.717, 1.165) is 17.8 Å². The number of hydrogen-bond donors (Lipinski definition) is 1. The summed E-state index contributed by atoms with van der Waals surface area (Å²) in [6.07, 6.45) is 0. The van der Waals surface area contributed by atoms with E-state index in [9.17, 15) is 5.11 Å². The number of aliphatic hydroxyl groups is 1. The molecule has 0 atom stereocenters. The third-order valence-corrected chi connectivity index (χ3v) is 3.58. The summed E-state index contributed by atoms with van der Waals surface area (Å²) in [5.74, 6) is 0.930. The van der Waals surface area contributed by atoms with E-state index in [1.165, 1.54) is 0 Å². The summed E-state index contributed by atoms with van der Waals surface area (Å²) in [7, 11) is 0. The molecular formula is C17H30N2O2. The maximum atomic E-state index is 9.34. The van der Waals surface area contributed by atoms with E-state index in [-0.39, 0.29) is 6.61 Å². The zero-order valence-electron chi connectivity index (χ0n) is 14.3. The molecule has 1 aromatic heterocycles. The molecule has 0 bridgehead atoms. The largest absolute Gasteiger partial charge is 0.476 e. The summed E-state index contributed by atoms with van der Waals surface area (Å²) in [6, 6.07) is 4.75. The van der Waals surface area contributed by atoms with Gasteiger partial charge in [0.1, 0.15) is 6.61 Å². The molecule has 0 amide bonds. The van der Waals surface area contributed by atoms with Crippen LogP contribution in [-0.2, 0) is 6.61 Å². The Labute approximate surface area is 129 Å². The minimum absolute atomic E-state index is 0.0166. The van der Waals surface area contributed by atoms with Gasteiger partial charge in [-0.3, -0.25) is 4.90 Å². The Balaban J connectivity index is 2.68. The van der Waals surface area contributed by atoms with E-state index >= 15 is 0 Å². The van der Waals surface area contributed by atoms with Crippen molar-refractivity contribution >= 4 is 0 Å². The van der Waals surface area contributed by atoms with Crippen molar-refractivity contribution in [3.05, 3.63) is 23.4 Å². The number of pyridine rings is 1. The van der Waals surface area contributed by atoms with Crippen LogP contribution >= 0.6 is 0 Å². The highest BCUT2D eigenvalue weighted by molar-refractivity contribution is 5.26. The smallest absolute Gasteiger partial charge is 0.213 e. The van der Waals surface area contributed by atoms with Gasteiger partial charge in [-0.1, -0.05) is 13.8 Å². The van der Waals surface area contributed by atoms with Gasteiger partial charge in [-0.15, -0.1) is 0 Å². The van der Waals surface area contributed by atoms with Crippen molar-refractivity contribution in [3.63, 3.8) is 0 Å². The van der Waals surface area contributed by atoms with E-state index in [1.807, 2.05) is 12.1 Å². The first-order valence-corrected chi connectivity index (χ1v) is 7.85. The van der Waals surface area contributed by atoms with Gasteiger partial charge in [0.25, 0.3) is 0 Å². The number of aromatic nitrogens is 1. The summed E-state index contributed by atoms with van der Waals surface area (Å²) >= 11 is 0. The molecule has 1 heterocycles. The van der Waals surface area contributed by atoms with Gasteiger partial charge in [0.05, 0.1) is 6.61 Å². The van der Waals surface area contributed by atoms with Gasteiger partial charge < -0.3 is 9.84 Å². The van der Waals surface area contributed by atoms with Gasteiger partial charge in [-0.2, -0.15) is 0 Å². The number of rotatable bonds is 8. The predicted molar refractivity (Wildman–Crippen MR) is 86.7 cm³/mol. The van der Waals surface area contributed by atoms with E-state index in [4.69, 9.17) is 4.74 Å². The Hall–Kier alpha value is -1.13. The fourth-order valence-electron chi connectivity index (χ4n) is 2.41. The quantitative estimate of drug-likeness (QED) is 0.800. The second kappa shape index (κ2) is 8.35. The van der Waals surface area contributed by atoms with Gasteiger partial charge in [0.15, 0.2) is 0 Å². The lowest BCUT2D eigenvalue weighted by molar-refractivity contribution is 0.140. The predicted octanol–water partition coefficient (Wildman–Crippen LogP) is 3.19. The van der Waals surface area contributed by atoms with Gasteiger partial charge in [-0.25, -0.2) is 4.98 Å². The van der Waals surface area contributed by atoms with E-state index < -0.39 is 0 Å². The normalized spacial score (nSPS) is 12.0. The van der Waals surface area contributed by atoms with Crippen molar-refractivity contribution in [1.29, 1.82) is 0 Å². The van der Waals surface area contributed by atoms with Gasteiger partial charge >= 0.3 is 0 Å². The number of hydrogen-bond acceptors (Lipinski definition) is 4. The molecule has 1 rings (SSSR count). The van der Waals surface area contributed by atoms with Crippen molar-refractivity contribution < 1.29 is 9.84 Å². The fourth-order valence-corrected chi connectivity index (χ4v) is 2.41. The van der Waals surface area contributed by atoms with Crippen LogP contribution < -0.4 is 4.74 Å². The summed E-state index contributed by atoms with van der Waals surface area (Å²) in [4.78, 5) is 6.90. The molecule has 4 nitrogen and oxygen atoms in total. The Morgan fingerprint density at radius 3 is 2.19 bits per heavy atom. The Morgan fingerprint density at radius 2 is 1.71 bits per heavy atom. The molecule has 0 unspecified atom stereocenters. The van der Waals surface area contributed by atoms with E-state index in [2.05, 4.69) is 51.4 Å². The van der Waals surface area contributed by atoms with Gasteiger partial charge in [0, 0.05) is 30.4 Å². The molecular weight excluding hydrogens is 264 g/mol. The molecule has 0 saturated carbocycles. The monoisotopic (exact) mass is 294 g/mol. The average Bonchev–Trinajstić information content (AvgIpc) is 2.42. The molecule has 0 aliphatic carbocycles. The van der Waals surface area contributed by atoms with Crippen LogP contribution in [0.5, 0.6) is 5.88 Å². The number of nitrogens with zero attached hydrogens (tertiary/aromatic N) is 2. The van der Waals surface area contributed by atoms with E-state index in [0.29, 0.717) is 30.5 Å². The molecule has 1 aromatic rings. The minimum atomic E-state index is 0.0166. The molecule has 120 valence electrons. The molecule has 21 heavy (non-hydrogen) atoms. The standard InChI is InChI=1S/C17H30N2O2/c1-12(2)16-9-15(11-20)10-17(18-16)21-8-7-19(13(3)4)14(5)6/h9-10,12-14,20H,7-8,11H2,1-6H3. The molecule has 4 heteroatoms. The number of ether oxygens (including phenoxy) is 1. The van der Waals surface area contributed by atoms with Crippen molar-refractivity contribution in [3.8, 4) is 5.88 Å². The van der Waals surface area contributed by atoms with Gasteiger partial charge in [-0.05, 0) is 45.2 Å². The van der Waals surface area contributed by atoms with Crippen molar-refractivity contribution in [2.75, 3.05) is 13.2 Å². The molecule has 0 aliphatic heterocycles. The molecule has 0 aliphatic rings. The maximum absolute atomic E-state index is 9.34. The Kier molecular flexibility index (Phi) is 7.12. The first-order valence-electron chi connectivity index (χ1n) is 7.85. The lowest BCUT2D eigenvalue weighted by atomic mass is 10.1. The first kappa shape index (κ1) is 17.9. The van der Waals surface area contributed by atoms with Crippen LogP contribution in [0.1, 0.15) is 58.7 Å². The van der Waals surface area contributed by atoms with Crippen LogP contribution in [0.15, 0.2) is 12.1 Å². The SMILES string of the molecule is CC(C)c1cc(CO)cc(OCCN(C(C)C)C(C)C)n1. The van der Waals surface area contributed by atoms with Crippen LogP contribution in [0.4, 0.5) is 0 Å². The molecule has 0 fully saturated rings. The Morgan fingerprint density at radius 1 is 1.10 bits per heavy atom. The minimum Gasteiger partial charge on any atom is -0.476 e. The fraction of sp³-hybridized carbons (Fsp3) is 0.706. The van der Waals surface area contributed by atoms with Crippen LogP contribution in [0.3, 0.4) is 0 Å². The highest BCUT2D eigenvalue weighted by Gasteiger charge is 2.13. The molecule has 0 saturated heterocycles. The molecule has 0 spiro atoms. The van der Waals surface area contributed by atoms with Crippen LogP contribution in [0, 0.1) is 0 Å². The van der Waals surface area contributed by atoms with Crippen molar-refractivity contribution in [2.45, 2.75) is 66.2 Å². The van der Waals surface area contributed by atoms with Crippen LogP contribution in [0.2, 0.25) is 0 Å². The number of aliphatic hydroxyl groups excluding tert-OH is 1. The third-order valence-electron chi connectivity index (χ3n) is 3.58. The van der Waals surface area contributed by atoms with Crippen LogP contribution in [0.25, 0.3) is 0 Å². The first-order chi connectivity index (χ1) is 9.85. The van der Waals surface area contributed by atoms with Crippen molar-refractivity contribution in [2.24, 2.45) is 0 Å². The molecule has 0 radical (unpaired) electrons. The second-order valence-corrected chi connectivity index (χ2v) is 6.33. The summed E-state index contributed by atoms with van der Waals surface area (Å²) in [6.45, 7) is 14.5. The Bertz CT molecular complexity index is 423. The summed E-state index contributed by atoms with van der Waals surface area (Å²) in [5, 5.41) is 9.34. The second-order valence-electron chi connectivity index (χ2n) is 6.33. The molecule has 0 aromatic carbocycles. The van der Waals surface area contributed by atoms with E-state index in [1.54, 1.807) is 0 Å². The lowest BCUT2D eigenvalue weighted by Crippen LogP contribution is -2.39. The summed E-state index contributed by atoms with van der Waals surface area (Å²) < 4.78 is 5.81. The van der Waals surface area contributed by atoms with Crippen LogP contribution in [-0.4, -0.2) is 40.2 Å². The zero-order valence-corrected chi connectivity index (χ0v) is 14.3. The lowest BCUT2D eigenvalue weighted by Gasteiger charge is -2.30. The zero-order chi connectivity index (χ0) is 16.0. The third kappa shape index (κ3) is 5.64. The molecule has 1 N–H and O–H groups in total. The van der Waals surface area contributed by atoms with Crippen molar-refractivity contribution in [1.82, 2.24) is 9.88 Å². The maximum Gasteiger partial charge on any atom is 0.213 e. The van der Waals surface area contributed by atoms with Gasteiger partial charge in [0.2, 0.25) is 5.88 Å².